The molecule has 0 aliphatic carbocycles. The van der Waals surface area contributed by atoms with Crippen LogP contribution in [0.15, 0.2) is 65.6 Å². The summed E-state index contributed by atoms with van der Waals surface area (Å²) < 4.78 is 74.0. The van der Waals surface area contributed by atoms with Crippen molar-refractivity contribution >= 4 is 45.1 Å². The number of sulfonamides is 1. The number of carbonyl (C=O) groups excluding carboxylic acids is 1. The molecule has 1 aliphatic heterocycles. The summed E-state index contributed by atoms with van der Waals surface area (Å²) in [6.07, 6.45) is -5.08. The summed E-state index contributed by atoms with van der Waals surface area (Å²) in [4.78, 5) is 24.9. The quantitative estimate of drug-likeness (QED) is 0.288. The third-order valence-electron chi connectivity index (χ3n) is 7.10. The first-order chi connectivity index (χ1) is 19.6. The lowest BCUT2D eigenvalue weighted by atomic mass is 9.88. The second kappa shape index (κ2) is 11.8. The number of halogens is 5. The van der Waals surface area contributed by atoms with Crippen LogP contribution in [0.5, 0.6) is 5.75 Å². The van der Waals surface area contributed by atoms with Gasteiger partial charge in [0.1, 0.15) is 11.3 Å². The van der Waals surface area contributed by atoms with Crippen molar-refractivity contribution in [2.24, 2.45) is 0 Å². The maximum Gasteiger partial charge on any atom is 0.417 e. The number of benzene rings is 3. The smallest absolute Gasteiger partial charge is 0.417 e. The minimum atomic E-state index is -4.66. The van der Waals surface area contributed by atoms with Gasteiger partial charge in [0.25, 0.3) is 0 Å². The number of nitrogens with zero attached hydrogens (tertiary/aromatic N) is 1. The van der Waals surface area contributed by atoms with Crippen LogP contribution in [0.2, 0.25) is 10.0 Å². The minimum Gasteiger partial charge on any atom is -0.496 e. The van der Waals surface area contributed by atoms with Gasteiger partial charge in [-0.15, -0.1) is 0 Å². The number of aliphatic carboxylic acids is 1. The van der Waals surface area contributed by atoms with Crippen molar-refractivity contribution in [2.45, 2.75) is 42.4 Å². The number of amides is 1. The van der Waals surface area contributed by atoms with Crippen molar-refractivity contribution in [3.05, 3.63) is 81.8 Å². The van der Waals surface area contributed by atoms with Crippen LogP contribution in [0.1, 0.15) is 36.9 Å². The van der Waals surface area contributed by atoms with Gasteiger partial charge in [0.05, 0.1) is 30.0 Å². The highest BCUT2D eigenvalue weighted by atomic mass is 35.5. The number of ether oxygens (including phenoxy) is 1. The maximum absolute atomic E-state index is 13.7. The standard InChI is InChI=1S/C28H25Cl2F3N2O6S/c1-27(10-11-35(27)42(39,40)20-13-18(29)12-19(30)14-20)26(38)34-22(15-24(36)37)16-6-8-17(9-7-16)25-21(28(31,32)33)4-3-5-23(25)41-2/h3-9,12-14,22H,10-11,15H2,1-2H3,(H,34,38)(H,36,37)/t22-,27+/m1/s1. The molecular weight excluding hydrogens is 620 g/mol. The van der Waals surface area contributed by atoms with E-state index in [-0.39, 0.29) is 50.3 Å². The lowest BCUT2D eigenvalue weighted by Crippen LogP contribution is -2.67. The predicted octanol–water partition coefficient (Wildman–Crippen LogP) is 6.17. The fraction of sp³-hybridized carbons (Fsp3) is 0.286. The number of hydrogen-bond donors (Lipinski definition) is 2. The Hall–Kier alpha value is -3.32. The van der Waals surface area contributed by atoms with Crippen LogP contribution < -0.4 is 10.1 Å². The normalized spacial score (nSPS) is 18.2. The van der Waals surface area contributed by atoms with Crippen LogP contribution >= 0.6 is 23.2 Å². The largest absolute Gasteiger partial charge is 0.496 e. The molecule has 3 aromatic carbocycles. The van der Waals surface area contributed by atoms with Crippen molar-refractivity contribution in [3.63, 3.8) is 0 Å². The minimum absolute atomic E-state index is 0.00633. The topological polar surface area (TPSA) is 113 Å². The highest BCUT2D eigenvalue weighted by Gasteiger charge is 2.53. The molecule has 1 heterocycles. The average molecular weight is 645 g/mol. The predicted molar refractivity (Wildman–Crippen MR) is 150 cm³/mol. The number of carbonyl (C=O) groups is 2. The number of carboxylic acid groups (broad SMARTS) is 1. The van der Waals surface area contributed by atoms with Crippen molar-refractivity contribution in [2.75, 3.05) is 13.7 Å². The van der Waals surface area contributed by atoms with E-state index in [1.54, 1.807) is 0 Å². The van der Waals surface area contributed by atoms with Crippen LogP contribution in [0.25, 0.3) is 11.1 Å². The Labute approximate surface area is 250 Å². The fourth-order valence-corrected chi connectivity index (χ4v) is 7.31. The van der Waals surface area contributed by atoms with E-state index in [0.717, 1.165) is 10.4 Å². The van der Waals surface area contributed by atoms with E-state index in [1.165, 1.54) is 68.6 Å². The van der Waals surface area contributed by atoms with Gasteiger partial charge in [-0.25, -0.2) is 8.42 Å². The van der Waals surface area contributed by atoms with Crippen molar-refractivity contribution in [3.8, 4) is 16.9 Å². The Morgan fingerprint density at radius 1 is 1.10 bits per heavy atom. The lowest BCUT2D eigenvalue weighted by molar-refractivity contribution is -0.139. The second-order valence-corrected chi connectivity index (χ2v) is 12.6. The Balaban J connectivity index is 1.63. The first-order valence-electron chi connectivity index (χ1n) is 12.4. The SMILES string of the molecule is COc1cccc(C(F)(F)F)c1-c1ccc([C@@H](CC(=O)O)NC(=O)[C@]2(C)CCN2S(=O)(=O)c2cc(Cl)cc(Cl)c2)cc1. The summed E-state index contributed by atoms with van der Waals surface area (Å²) in [5.41, 5.74) is -2.21. The summed E-state index contributed by atoms with van der Waals surface area (Å²) in [6, 6.07) is 11.8. The molecule has 0 aromatic heterocycles. The van der Waals surface area contributed by atoms with Gasteiger partial charge in [-0.2, -0.15) is 17.5 Å². The van der Waals surface area contributed by atoms with Crippen LogP contribution in [0.4, 0.5) is 13.2 Å². The van der Waals surface area contributed by atoms with E-state index in [1.807, 2.05) is 0 Å². The summed E-state index contributed by atoms with van der Waals surface area (Å²) >= 11 is 11.9. The summed E-state index contributed by atoms with van der Waals surface area (Å²) in [6.45, 7) is 1.44. The first kappa shape index (κ1) is 31.6. The zero-order valence-electron chi connectivity index (χ0n) is 22.2. The molecule has 0 saturated carbocycles. The number of alkyl halides is 3. The fourth-order valence-electron chi connectivity index (χ4n) is 4.81. The molecular formula is C28H25Cl2F3N2O6S. The highest BCUT2D eigenvalue weighted by molar-refractivity contribution is 7.89. The zero-order valence-corrected chi connectivity index (χ0v) is 24.5. The van der Waals surface area contributed by atoms with Crippen molar-refractivity contribution in [1.29, 1.82) is 0 Å². The lowest BCUT2D eigenvalue weighted by Gasteiger charge is -2.48. The molecule has 1 fully saturated rings. The summed E-state index contributed by atoms with van der Waals surface area (Å²) in [7, 11) is -2.95. The van der Waals surface area contributed by atoms with E-state index in [9.17, 15) is 36.3 Å². The molecule has 8 nitrogen and oxygen atoms in total. The molecule has 14 heteroatoms. The molecule has 1 saturated heterocycles. The zero-order chi connectivity index (χ0) is 31.0. The Morgan fingerprint density at radius 2 is 1.71 bits per heavy atom. The molecule has 2 N–H and O–H groups in total. The number of carboxylic acids is 1. The van der Waals surface area contributed by atoms with Gasteiger partial charge in [0.15, 0.2) is 0 Å². The molecule has 4 rings (SSSR count). The first-order valence-corrected chi connectivity index (χ1v) is 14.6. The van der Waals surface area contributed by atoms with Crippen molar-refractivity contribution in [1.82, 2.24) is 9.62 Å². The third kappa shape index (κ3) is 6.22. The summed E-state index contributed by atoms with van der Waals surface area (Å²) in [5, 5.41) is 12.3. The average Bonchev–Trinajstić information content (AvgIpc) is 2.89. The number of methoxy groups -OCH3 is 1. The van der Waals surface area contributed by atoms with E-state index in [2.05, 4.69) is 5.32 Å². The number of nitrogens with one attached hydrogen (secondary N) is 1. The molecule has 0 spiro atoms. The monoisotopic (exact) mass is 644 g/mol. The molecule has 0 radical (unpaired) electrons. The molecule has 0 bridgehead atoms. The Bertz CT molecular complexity index is 1610. The van der Waals surface area contributed by atoms with Gasteiger partial charge in [-0.3, -0.25) is 9.59 Å². The molecule has 2 atom stereocenters. The second-order valence-electron chi connectivity index (χ2n) is 9.83. The summed E-state index contributed by atoms with van der Waals surface area (Å²) in [5.74, 6) is -2.01. The Kier molecular flexibility index (Phi) is 8.85. The Morgan fingerprint density at radius 3 is 2.21 bits per heavy atom. The van der Waals surface area contributed by atoms with E-state index >= 15 is 0 Å². The highest BCUT2D eigenvalue weighted by Crippen LogP contribution is 2.43. The van der Waals surface area contributed by atoms with Crippen LogP contribution in [-0.4, -0.2) is 48.9 Å². The number of hydrogen-bond acceptors (Lipinski definition) is 5. The van der Waals surface area contributed by atoms with Crippen LogP contribution in [0.3, 0.4) is 0 Å². The molecule has 224 valence electrons. The molecule has 1 amide bonds. The maximum atomic E-state index is 13.7. The van der Waals surface area contributed by atoms with Gasteiger partial charge >= 0.3 is 12.1 Å². The molecule has 42 heavy (non-hydrogen) atoms. The van der Waals surface area contributed by atoms with Gasteiger partial charge in [-0.05, 0) is 54.8 Å². The van der Waals surface area contributed by atoms with E-state index in [4.69, 9.17) is 27.9 Å². The molecule has 3 aromatic rings. The molecule has 1 aliphatic rings. The third-order valence-corrected chi connectivity index (χ3v) is 9.54. The van der Waals surface area contributed by atoms with E-state index in [0.29, 0.717) is 0 Å². The molecule has 0 unspecified atom stereocenters. The van der Waals surface area contributed by atoms with Gasteiger partial charge in [-0.1, -0.05) is 53.5 Å². The number of rotatable bonds is 9. The van der Waals surface area contributed by atoms with Crippen molar-refractivity contribution < 1.29 is 41.0 Å². The van der Waals surface area contributed by atoms with Gasteiger partial charge < -0.3 is 15.2 Å². The van der Waals surface area contributed by atoms with Crippen LogP contribution in [0, 0.1) is 0 Å². The van der Waals surface area contributed by atoms with E-state index < -0.39 is 51.6 Å². The van der Waals surface area contributed by atoms with Crippen LogP contribution in [-0.2, 0) is 25.8 Å². The van der Waals surface area contributed by atoms with Gasteiger partial charge in [0.2, 0.25) is 15.9 Å². The van der Waals surface area contributed by atoms with Gasteiger partial charge in [0, 0.05) is 22.2 Å².